The van der Waals surface area contributed by atoms with Gasteiger partial charge in [-0.1, -0.05) is 0 Å². The van der Waals surface area contributed by atoms with Crippen molar-refractivity contribution in [2.75, 3.05) is 52.8 Å². The van der Waals surface area contributed by atoms with Crippen molar-refractivity contribution in [3.05, 3.63) is 48.5 Å². The minimum absolute atomic E-state index is 0.733. The van der Waals surface area contributed by atoms with Gasteiger partial charge in [0.1, 0.15) is 23.0 Å². The molecule has 2 rings (SSSR count). The zero-order valence-electron chi connectivity index (χ0n) is 20.3. The number of hydrogen-bond acceptors (Lipinski definition) is 8. The first-order valence-corrected chi connectivity index (χ1v) is 13.3. The lowest BCUT2D eigenvalue weighted by atomic mass is 10.2. The molecule has 0 atom stereocenters. The van der Waals surface area contributed by atoms with Crippen LogP contribution in [0.1, 0.15) is 25.7 Å². The number of rotatable bonds is 16. The van der Waals surface area contributed by atoms with Gasteiger partial charge < -0.3 is 23.8 Å². The summed E-state index contributed by atoms with van der Waals surface area (Å²) in [6.45, 7) is 4.63. The van der Waals surface area contributed by atoms with Crippen LogP contribution in [-0.4, -0.2) is 75.2 Å². The maximum atomic E-state index is 8.74. The van der Waals surface area contributed by atoms with Crippen LogP contribution in [-0.2, 0) is 10.4 Å². The molecular weight excluding hydrogens is 494 g/mol. The average molecular weight is 532 g/mol. The summed E-state index contributed by atoms with van der Waals surface area (Å²) in [5, 5.41) is 0. The molecule has 198 valence electrons. The third kappa shape index (κ3) is 17.0. The van der Waals surface area contributed by atoms with Gasteiger partial charge in [-0.25, -0.2) is 0 Å². The summed E-state index contributed by atoms with van der Waals surface area (Å²) in [6.07, 6.45) is 4.31. The molecule has 0 aromatic heterocycles. The monoisotopic (exact) mass is 531 g/mol. The second kappa shape index (κ2) is 18.1. The van der Waals surface area contributed by atoms with Gasteiger partial charge in [0.2, 0.25) is 0 Å². The van der Waals surface area contributed by atoms with Gasteiger partial charge in [0.05, 0.1) is 27.4 Å². The molecule has 0 aliphatic carbocycles. The lowest BCUT2D eigenvalue weighted by Gasteiger charge is -2.21. The van der Waals surface area contributed by atoms with Gasteiger partial charge in [-0.05, 0) is 87.3 Å². The number of hydrogen-bond donors (Lipinski definition) is 3. The molecule has 0 amide bonds. The Morgan fingerprint density at radius 1 is 0.686 bits per heavy atom. The van der Waals surface area contributed by atoms with Crippen LogP contribution in [0.15, 0.2) is 48.5 Å². The van der Waals surface area contributed by atoms with E-state index >= 15 is 0 Å². The first kappa shape index (κ1) is 30.9. The van der Waals surface area contributed by atoms with Crippen molar-refractivity contribution >= 4 is 23.0 Å². The zero-order chi connectivity index (χ0) is 25.9. The number of methoxy groups -OCH3 is 2. The fourth-order valence-corrected chi connectivity index (χ4v) is 3.36. The van der Waals surface area contributed by atoms with E-state index < -0.39 is 10.4 Å². The molecule has 0 aliphatic heterocycles. The van der Waals surface area contributed by atoms with E-state index in [1.807, 2.05) is 48.5 Å². The maximum absolute atomic E-state index is 8.74. The molecule has 0 saturated carbocycles. The SMILES string of the molecule is COc1ccc(OCCCCN(CCS)CCCCOc2ccc(OC)cc2)cc1.O=S(=O)(O)O. The predicted molar refractivity (Wildman–Crippen MR) is 140 cm³/mol. The van der Waals surface area contributed by atoms with Crippen LogP contribution >= 0.6 is 12.6 Å². The van der Waals surface area contributed by atoms with E-state index in [2.05, 4.69) is 17.5 Å². The second-order valence-corrected chi connectivity index (χ2v) is 8.82. The number of ether oxygens (including phenoxy) is 4. The van der Waals surface area contributed by atoms with Crippen LogP contribution in [0.3, 0.4) is 0 Å². The van der Waals surface area contributed by atoms with E-state index in [0.717, 1.165) is 87.3 Å². The van der Waals surface area contributed by atoms with E-state index in [-0.39, 0.29) is 0 Å². The Kier molecular flexibility index (Phi) is 16.0. The molecule has 2 aromatic rings. The van der Waals surface area contributed by atoms with Gasteiger partial charge in [-0.15, -0.1) is 0 Å². The standard InChI is InChI=1S/C24H35NO4S.H2O4S/c1-26-21-7-11-23(12-8-21)28-18-5-3-15-25(17-20-30)16-4-6-19-29-24-13-9-22(27-2)10-14-24;1-5(2,3)4/h7-14,30H,3-6,15-20H2,1-2H3;(H2,1,2,3,4). The molecule has 0 bridgehead atoms. The first-order chi connectivity index (χ1) is 16.7. The number of nitrogens with zero attached hydrogens (tertiary/aromatic N) is 1. The molecule has 0 saturated heterocycles. The molecule has 0 spiro atoms. The maximum Gasteiger partial charge on any atom is 0.394 e. The van der Waals surface area contributed by atoms with E-state index in [9.17, 15) is 0 Å². The number of thiol groups is 1. The van der Waals surface area contributed by atoms with Crippen molar-refractivity contribution < 1.29 is 36.5 Å². The Bertz CT molecular complexity index is 827. The Balaban J connectivity index is 0.00000111. The second-order valence-electron chi connectivity index (χ2n) is 7.48. The molecule has 0 heterocycles. The van der Waals surface area contributed by atoms with E-state index in [1.165, 1.54) is 0 Å². The molecule has 0 aliphatic rings. The molecule has 0 fully saturated rings. The molecule has 2 aromatic carbocycles. The van der Waals surface area contributed by atoms with Gasteiger partial charge >= 0.3 is 10.4 Å². The summed E-state index contributed by atoms with van der Waals surface area (Å²) >= 11 is 4.40. The van der Waals surface area contributed by atoms with Crippen LogP contribution in [0.4, 0.5) is 0 Å². The summed E-state index contributed by atoms with van der Waals surface area (Å²) in [5.74, 6) is 4.35. The Hall–Kier alpha value is -2.18. The topological polar surface area (TPSA) is 115 Å². The van der Waals surface area contributed by atoms with Gasteiger partial charge in [0.25, 0.3) is 0 Å². The van der Waals surface area contributed by atoms with E-state index in [4.69, 9.17) is 36.5 Å². The largest absolute Gasteiger partial charge is 0.497 e. The van der Waals surface area contributed by atoms with Gasteiger partial charge in [0, 0.05) is 12.3 Å². The lowest BCUT2D eigenvalue weighted by molar-refractivity contribution is 0.244. The molecule has 11 heteroatoms. The molecule has 9 nitrogen and oxygen atoms in total. The third-order valence-corrected chi connectivity index (χ3v) is 5.01. The molecule has 0 unspecified atom stereocenters. The Labute approximate surface area is 214 Å². The number of benzene rings is 2. The van der Waals surface area contributed by atoms with Crippen LogP contribution in [0.5, 0.6) is 23.0 Å². The summed E-state index contributed by atoms with van der Waals surface area (Å²) < 4.78 is 53.5. The lowest BCUT2D eigenvalue weighted by Crippen LogP contribution is -2.28. The van der Waals surface area contributed by atoms with Crippen LogP contribution in [0.25, 0.3) is 0 Å². The molecular formula is C24H37NO8S2. The third-order valence-electron chi connectivity index (χ3n) is 4.81. The van der Waals surface area contributed by atoms with Gasteiger partial charge in [-0.2, -0.15) is 21.0 Å². The van der Waals surface area contributed by atoms with Crippen LogP contribution < -0.4 is 18.9 Å². The highest BCUT2D eigenvalue weighted by atomic mass is 32.3. The van der Waals surface area contributed by atoms with Gasteiger partial charge in [0.15, 0.2) is 0 Å². The molecule has 2 N–H and O–H groups in total. The van der Waals surface area contributed by atoms with Crippen molar-refractivity contribution in [1.29, 1.82) is 0 Å². The summed E-state index contributed by atoms with van der Waals surface area (Å²) in [6, 6.07) is 15.5. The highest BCUT2D eigenvalue weighted by Crippen LogP contribution is 2.18. The van der Waals surface area contributed by atoms with E-state index in [0.29, 0.717) is 0 Å². The number of unbranched alkanes of at least 4 members (excludes halogenated alkanes) is 2. The normalized spacial score (nSPS) is 10.9. The summed E-state index contributed by atoms with van der Waals surface area (Å²) in [5.41, 5.74) is 0. The van der Waals surface area contributed by atoms with Crippen molar-refractivity contribution in [3.63, 3.8) is 0 Å². The first-order valence-electron chi connectivity index (χ1n) is 11.3. The minimum Gasteiger partial charge on any atom is -0.497 e. The van der Waals surface area contributed by atoms with Crippen molar-refractivity contribution in [2.45, 2.75) is 25.7 Å². The fourth-order valence-electron chi connectivity index (χ4n) is 3.08. The minimum atomic E-state index is -4.67. The fraction of sp³-hybridized carbons (Fsp3) is 0.500. The Morgan fingerprint density at radius 2 is 1.03 bits per heavy atom. The highest BCUT2D eigenvalue weighted by Gasteiger charge is 2.04. The quantitative estimate of drug-likeness (QED) is 0.166. The molecule has 0 radical (unpaired) electrons. The average Bonchev–Trinajstić information content (AvgIpc) is 2.83. The summed E-state index contributed by atoms with van der Waals surface area (Å²) in [7, 11) is -1.33. The van der Waals surface area contributed by atoms with Crippen molar-refractivity contribution in [1.82, 2.24) is 4.90 Å². The van der Waals surface area contributed by atoms with Crippen LogP contribution in [0.2, 0.25) is 0 Å². The van der Waals surface area contributed by atoms with Gasteiger partial charge in [-0.3, -0.25) is 9.11 Å². The van der Waals surface area contributed by atoms with Crippen LogP contribution in [0, 0.1) is 0 Å². The Morgan fingerprint density at radius 3 is 1.34 bits per heavy atom. The highest BCUT2D eigenvalue weighted by molar-refractivity contribution is 7.80. The predicted octanol–water partition coefficient (Wildman–Crippen LogP) is 4.30. The summed E-state index contributed by atoms with van der Waals surface area (Å²) in [4.78, 5) is 2.48. The zero-order valence-corrected chi connectivity index (χ0v) is 22.0. The van der Waals surface area contributed by atoms with E-state index in [1.54, 1.807) is 14.2 Å². The van der Waals surface area contributed by atoms with Crippen molar-refractivity contribution in [3.8, 4) is 23.0 Å². The smallest absolute Gasteiger partial charge is 0.394 e. The van der Waals surface area contributed by atoms with Crippen molar-refractivity contribution in [2.24, 2.45) is 0 Å². The molecule has 35 heavy (non-hydrogen) atoms.